The van der Waals surface area contributed by atoms with Crippen molar-refractivity contribution in [1.29, 1.82) is 0 Å². The second-order valence-electron chi connectivity index (χ2n) is 6.10. The van der Waals surface area contributed by atoms with E-state index in [9.17, 15) is 8.42 Å². The zero-order valence-electron chi connectivity index (χ0n) is 13.2. The van der Waals surface area contributed by atoms with E-state index in [4.69, 9.17) is 4.74 Å². The summed E-state index contributed by atoms with van der Waals surface area (Å²) in [6.45, 7) is 6.42. The lowest BCUT2D eigenvalue weighted by atomic mass is 9.92. The number of rotatable bonds is 5. The van der Waals surface area contributed by atoms with E-state index in [1.807, 2.05) is 26.8 Å². The van der Waals surface area contributed by atoms with Crippen LogP contribution >= 0.6 is 0 Å². The summed E-state index contributed by atoms with van der Waals surface area (Å²) < 4.78 is 32.3. The van der Waals surface area contributed by atoms with E-state index in [0.717, 1.165) is 11.3 Å². The molecule has 1 aromatic carbocycles. The summed E-state index contributed by atoms with van der Waals surface area (Å²) >= 11 is 0. The number of sulfonamides is 1. The fraction of sp³-hybridized carbons (Fsp3) is 0.400. The van der Waals surface area contributed by atoms with Crippen molar-refractivity contribution in [1.82, 2.24) is 10.2 Å². The van der Waals surface area contributed by atoms with E-state index in [2.05, 4.69) is 14.9 Å². The first kappa shape index (κ1) is 16.5. The number of aromatic amines is 1. The minimum Gasteiger partial charge on any atom is -0.380 e. The van der Waals surface area contributed by atoms with Crippen LogP contribution in [-0.4, -0.2) is 25.7 Å². The molecule has 120 valence electrons. The van der Waals surface area contributed by atoms with Gasteiger partial charge in [0.1, 0.15) is 0 Å². The SMILES string of the molecule is COCc1cccc(S(=O)(=O)Nc2cc(C(C)(C)C)[nH]n2)c1. The summed E-state index contributed by atoms with van der Waals surface area (Å²) in [7, 11) is -2.11. The van der Waals surface area contributed by atoms with E-state index in [1.54, 1.807) is 31.4 Å². The quantitative estimate of drug-likeness (QED) is 0.886. The van der Waals surface area contributed by atoms with Crippen LogP contribution in [0.3, 0.4) is 0 Å². The third-order valence-electron chi connectivity index (χ3n) is 3.14. The summed E-state index contributed by atoms with van der Waals surface area (Å²) in [5, 5.41) is 6.87. The predicted octanol–water partition coefficient (Wildman–Crippen LogP) is 2.65. The van der Waals surface area contributed by atoms with Crippen LogP contribution in [0.1, 0.15) is 32.0 Å². The third-order valence-corrected chi connectivity index (χ3v) is 4.50. The summed E-state index contributed by atoms with van der Waals surface area (Å²) in [4.78, 5) is 0.183. The van der Waals surface area contributed by atoms with Crippen molar-refractivity contribution < 1.29 is 13.2 Å². The van der Waals surface area contributed by atoms with Crippen LogP contribution in [0.25, 0.3) is 0 Å². The average Bonchev–Trinajstić information content (AvgIpc) is 2.87. The van der Waals surface area contributed by atoms with Gasteiger partial charge in [0.2, 0.25) is 0 Å². The van der Waals surface area contributed by atoms with Gasteiger partial charge in [-0.05, 0) is 17.7 Å². The topological polar surface area (TPSA) is 84.1 Å². The van der Waals surface area contributed by atoms with Crippen molar-refractivity contribution in [3.8, 4) is 0 Å². The number of ether oxygens (including phenoxy) is 1. The fourth-order valence-corrected chi connectivity index (χ4v) is 2.99. The first-order valence-electron chi connectivity index (χ1n) is 6.89. The molecule has 0 saturated heterocycles. The second kappa shape index (κ2) is 6.10. The predicted molar refractivity (Wildman–Crippen MR) is 85.3 cm³/mol. The Labute approximate surface area is 130 Å². The standard InChI is InChI=1S/C15H21N3O3S/c1-15(2,3)13-9-14(17-16-13)18-22(19,20)12-7-5-6-11(8-12)10-21-4/h5-9H,10H2,1-4H3,(H2,16,17,18). The van der Waals surface area contributed by atoms with E-state index >= 15 is 0 Å². The molecule has 1 heterocycles. The molecule has 6 nitrogen and oxygen atoms in total. The highest BCUT2D eigenvalue weighted by Crippen LogP contribution is 2.23. The van der Waals surface area contributed by atoms with E-state index < -0.39 is 10.0 Å². The molecule has 22 heavy (non-hydrogen) atoms. The van der Waals surface area contributed by atoms with Gasteiger partial charge in [-0.2, -0.15) is 5.10 Å². The lowest BCUT2D eigenvalue weighted by Gasteiger charge is -2.14. The number of aromatic nitrogens is 2. The molecule has 0 unspecified atom stereocenters. The molecular weight excluding hydrogens is 302 g/mol. The average molecular weight is 323 g/mol. The number of hydrogen-bond donors (Lipinski definition) is 2. The molecule has 0 atom stereocenters. The molecule has 0 radical (unpaired) electrons. The highest BCUT2D eigenvalue weighted by atomic mass is 32.2. The highest BCUT2D eigenvalue weighted by molar-refractivity contribution is 7.92. The molecule has 2 N–H and O–H groups in total. The highest BCUT2D eigenvalue weighted by Gasteiger charge is 2.20. The Morgan fingerprint density at radius 2 is 2.00 bits per heavy atom. The molecule has 0 aliphatic heterocycles. The Kier molecular flexibility index (Phi) is 4.58. The molecule has 0 spiro atoms. The molecule has 0 saturated carbocycles. The largest absolute Gasteiger partial charge is 0.380 e. The monoisotopic (exact) mass is 323 g/mol. The van der Waals surface area contributed by atoms with Crippen LogP contribution in [0.2, 0.25) is 0 Å². The Hall–Kier alpha value is -1.86. The van der Waals surface area contributed by atoms with Crippen LogP contribution < -0.4 is 4.72 Å². The molecule has 1 aromatic heterocycles. The summed E-state index contributed by atoms with van der Waals surface area (Å²) in [5.41, 5.74) is 1.52. The van der Waals surface area contributed by atoms with Crippen LogP contribution in [0.15, 0.2) is 35.2 Å². The van der Waals surface area contributed by atoms with Gasteiger partial charge in [0.05, 0.1) is 11.5 Å². The molecule has 0 aliphatic rings. The first-order valence-corrected chi connectivity index (χ1v) is 8.37. The molecule has 0 aliphatic carbocycles. The number of H-pyrrole nitrogens is 1. The molecule has 0 bridgehead atoms. The Bertz CT molecular complexity index is 745. The van der Waals surface area contributed by atoms with Gasteiger partial charge in [-0.25, -0.2) is 8.42 Å². The smallest absolute Gasteiger partial charge is 0.263 e. The van der Waals surface area contributed by atoms with Gasteiger partial charge in [-0.1, -0.05) is 32.9 Å². The zero-order chi connectivity index (χ0) is 16.4. The number of methoxy groups -OCH3 is 1. The van der Waals surface area contributed by atoms with Gasteiger partial charge in [-0.15, -0.1) is 0 Å². The minimum absolute atomic E-state index is 0.130. The van der Waals surface area contributed by atoms with Crippen LogP contribution in [0.4, 0.5) is 5.82 Å². The summed E-state index contributed by atoms with van der Waals surface area (Å²) in [5.74, 6) is 0.280. The molecule has 2 rings (SSSR count). The molecule has 7 heteroatoms. The zero-order valence-corrected chi connectivity index (χ0v) is 14.0. The fourth-order valence-electron chi connectivity index (χ4n) is 1.92. The van der Waals surface area contributed by atoms with Gasteiger partial charge < -0.3 is 4.74 Å². The van der Waals surface area contributed by atoms with E-state index in [1.165, 1.54) is 0 Å². The van der Waals surface area contributed by atoms with Crippen LogP contribution in [0.5, 0.6) is 0 Å². The van der Waals surface area contributed by atoms with E-state index in [0.29, 0.717) is 6.61 Å². The Balaban J connectivity index is 2.24. The van der Waals surface area contributed by atoms with Gasteiger partial charge in [0.25, 0.3) is 10.0 Å². The normalized spacial score (nSPS) is 12.4. The van der Waals surface area contributed by atoms with Crippen LogP contribution in [-0.2, 0) is 26.8 Å². The maximum Gasteiger partial charge on any atom is 0.263 e. The summed E-state index contributed by atoms with van der Waals surface area (Å²) in [6.07, 6.45) is 0. The van der Waals surface area contributed by atoms with Crippen molar-refractivity contribution in [3.05, 3.63) is 41.6 Å². The summed E-state index contributed by atoms with van der Waals surface area (Å²) in [6, 6.07) is 8.33. The number of hydrogen-bond acceptors (Lipinski definition) is 4. The minimum atomic E-state index is -3.67. The maximum absolute atomic E-state index is 12.4. The van der Waals surface area contributed by atoms with Crippen LogP contribution in [0, 0.1) is 0 Å². The lowest BCUT2D eigenvalue weighted by molar-refractivity contribution is 0.184. The van der Waals surface area contributed by atoms with Crippen molar-refractivity contribution in [2.75, 3.05) is 11.8 Å². The molecular formula is C15H21N3O3S. The number of nitrogens with one attached hydrogen (secondary N) is 2. The molecule has 0 amide bonds. The Morgan fingerprint density at radius 1 is 1.27 bits per heavy atom. The van der Waals surface area contributed by atoms with E-state index in [-0.39, 0.29) is 16.1 Å². The molecule has 2 aromatic rings. The third kappa shape index (κ3) is 3.86. The number of benzene rings is 1. The van der Waals surface area contributed by atoms with Gasteiger partial charge in [0, 0.05) is 24.3 Å². The van der Waals surface area contributed by atoms with Gasteiger partial charge in [-0.3, -0.25) is 9.82 Å². The van der Waals surface area contributed by atoms with Crippen molar-refractivity contribution in [3.63, 3.8) is 0 Å². The first-order chi connectivity index (χ1) is 10.2. The van der Waals surface area contributed by atoms with Crippen molar-refractivity contribution in [2.24, 2.45) is 0 Å². The maximum atomic E-state index is 12.4. The second-order valence-corrected chi connectivity index (χ2v) is 7.79. The lowest BCUT2D eigenvalue weighted by Crippen LogP contribution is -2.13. The van der Waals surface area contributed by atoms with Gasteiger partial charge in [0.15, 0.2) is 5.82 Å². The van der Waals surface area contributed by atoms with Gasteiger partial charge >= 0.3 is 0 Å². The number of anilines is 1. The number of nitrogens with zero attached hydrogens (tertiary/aromatic N) is 1. The van der Waals surface area contributed by atoms with Crippen molar-refractivity contribution in [2.45, 2.75) is 37.7 Å². The Morgan fingerprint density at radius 3 is 2.59 bits per heavy atom. The molecule has 0 fully saturated rings. The van der Waals surface area contributed by atoms with Crippen molar-refractivity contribution >= 4 is 15.8 Å².